The van der Waals surface area contributed by atoms with Crippen molar-refractivity contribution < 1.29 is 0 Å². The second-order valence-corrected chi connectivity index (χ2v) is 4.30. The SMILES string of the molecule is Cc1ccc([N+](C)(C)C)c(C)c1. The molecule has 1 rings (SSSR count). The Morgan fingerprint density at radius 1 is 1.00 bits per heavy atom. The van der Waals surface area contributed by atoms with Crippen LogP contribution in [0.3, 0.4) is 0 Å². The second-order valence-electron chi connectivity index (χ2n) is 4.30. The molecule has 12 heavy (non-hydrogen) atoms. The van der Waals surface area contributed by atoms with Crippen molar-refractivity contribution >= 4 is 5.69 Å². The summed E-state index contributed by atoms with van der Waals surface area (Å²) in [5, 5.41) is 0. The summed E-state index contributed by atoms with van der Waals surface area (Å²) in [6.45, 7) is 4.30. The van der Waals surface area contributed by atoms with E-state index in [1.807, 2.05) is 0 Å². The number of hydrogen-bond donors (Lipinski definition) is 0. The quantitative estimate of drug-likeness (QED) is 0.559. The first kappa shape index (κ1) is 9.27. The van der Waals surface area contributed by atoms with E-state index in [0.717, 1.165) is 4.48 Å². The number of benzene rings is 1. The molecule has 0 aromatic heterocycles. The van der Waals surface area contributed by atoms with Crippen LogP contribution in [0.2, 0.25) is 0 Å². The van der Waals surface area contributed by atoms with E-state index >= 15 is 0 Å². The molecule has 0 atom stereocenters. The molecule has 0 unspecified atom stereocenters. The van der Waals surface area contributed by atoms with Crippen LogP contribution in [0.25, 0.3) is 0 Å². The third-order valence-electron chi connectivity index (χ3n) is 2.08. The molecule has 1 nitrogen and oxygen atoms in total. The van der Waals surface area contributed by atoms with E-state index in [2.05, 4.69) is 53.2 Å². The molecule has 0 bridgehead atoms. The van der Waals surface area contributed by atoms with Gasteiger partial charge in [0.1, 0.15) is 5.69 Å². The molecular formula is C11H18N+. The molecule has 0 fully saturated rings. The summed E-state index contributed by atoms with van der Waals surface area (Å²) in [4.78, 5) is 0. The van der Waals surface area contributed by atoms with Crippen molar-refractivity contribution in [2.75, 3.05) is 21.1 Å². The fourth-order valence-electron chi connectivity index (χ4n) is 1.56. The topological polar surface area (TPSA) is 0 Å². The van der Waals surface area contributed by atoms with E-state index in [4.69, 9.17) is 0 Å². The zero-order valence-corrected chi connectivity index (χ0v) is 8.68. The summed E-state index contributed by atoms with van der Waals surface area (Å²) >= 11 is 0. The van der Waals surface area contributed by atoms with Crippen molar-refractivity contribution in [3.8, 4) is 0 Å². The Balaban J connectivity index is 3.19. The normalized spacial score (nSPS) is 11.8. The minimum atomic E-state index is 0.895. The summed E-state index contributed by atoms with van der Waals surface area (Å²) in [5.41, 5.74) is 4.10. The Morgan fingerprint density at radius 2 is 1.58 bits per heavy atom. The van der Waals surface area contributed by atoms with Crippen LogP contribution in [-0.2, 0) is 0 Å². The molecule has 0 aliphatic rings. The van der Waals surface area contributed by atoms with Crippen molar-refractivity contribution in [3.63, 3.8) is 0 Å². The van der Waals surface area contributed by atoms with Gasteiger partial charge in [-0.05, 0) is 19.9 Å². The molecule has 0 N–H and O–H groups in total. The summed E-state index contributed by atoms with van der Waals surface area (Å²) < 4.78 is 0.895. The summed E-state index contributed by atoms with van der Waals surface area (Å²) in [5.74, 6) is 0. The molecule has 66 valence electrons. The van der Waals surface area contributed by atoms with E-state index in [-0.39, 0.29) is 0 Å². The van der Waals surface area contributed by atoms with Gasteiger partial charge in [-0.15, -0.1) is 0 Å². The van der Waals surface area contributed by atoms with Gasteiger partial charge in [0.25, 0.3) is 0 Å². The highest BCUT2D eigenvalue weighted by atomic mass is 15.3. The largest absolute Gasteiger partial charge is 0.298 e. The van der Waals surface area contributed by atoms with Gasteiger partial charge >= 0.3 is 0 Å². The lowest BCUT2D eigenvalue weighted by Crippen LogP contribution is -2.35. The Bertz CT molecular complexity index is 282. The molecular weight excluding hydrogens is 146 g/mol. The van der Waals surface area contributed by atoms with Crippen molar-refractivity contribution in [1.29, 1.82) is 0 Å². The lowest BCUT2D eigenvalue weighted by Gasteiger charge is -2.25. The molecule has 0 amide bonds. The first-order chi connectivity index (χ1) is 5.41. The van der Waals surface area contributed by atoms with Crippen LogP contribution in [-0.4, -0.2) is 21.1 Å². The Morgan fingerprint density at radius 3 is 2.00 bits per heavy atom. The molecule has 0 aliphatic heterocycles. The Kier molecular flexibility index (Phi) is 2.25. The summed E-state index contributed by atoms with van der Waals surface area (Å²) in [6, 6.07) is 6.62. The highest BCUT2D eigenvalue weighted by Crippen LogP contribution is 2.22. The van der Waals surface area contributed by atoms with Gasteiger partial charge in [0.05, 0.1) is 21.1 Å². The minimum Gasteiger partial charge on any atom is -0.298 e. The monoisotopic (exact) mass is 164 g/mol. The van der Waals surface area contributed by atoms with E-state index in [9.17, 15) is 0 Å². The minimum absolute atomic E-state index is 0.895. The van der Waals surface area contributed by atoms with Crippen molar-refractivity contribution in [3.05, 3.63) is 29.3 Å². The second kappa shape index (κ2) is 2.91. The van der Waals surface area contributed by atoms with Crippen LogP contribution < -0.4 is 4.48 Å². The van der Waals surface area contributed by atoms with Gasteiger partial charge in [-0.2, -0.15) is 0 Å². The lowest BCUT2D eigenvalue weighted by atomic mass is 10.1. The van der Waals surface area contributed by atoms with Crippen molar-refractivity contribution in [2.24, 2.45) is 0 Å². The van der Waals surface area contributed by atoms with Crippen LogP contribution >= 0.6 is 0 Å². The molecule has 1 aromatic carbocycles. The molecule has 0 spiro atoms. The van der Waals surface area contributed by atoms with Gasteiger partial charge in [0, 0.05) is 5.56 Å². The van der Waals surface area contributed by atoms with Crippen LogP contribution in [0.1, 0.15) is 11.1 Å². The molecule has 0 aliphatic carbocycles. The third-order valence-corrected chi connectivity index (χ3v) is 2.08. The Labute approximate surface area is 75.2 Å². The van der Waals surface area contributed by atoms with E-state index in [0.29, 0.717) is 0 Å². The Hall–Kier alpha value is -0.820. The third kappa shape index (κ3) is 1.86. The van der Waals surface area contributed by atoms with Crippen LogP contribution in [0, 0.1) is 13.8 Å². The zero-order valence-electron chi connectivity index (χ0n) is 8.68. The first-order valence-electron chi connectivity index (χ1n) is 4.30. The maximum atomic E-state index is 2.23. The molecule has 0 saturated heterocycles. The number of hydrogen-bond acceptors (Lipinski definition) is 0. The van der Waals surface area contributed by atoms with Crippen molar-refractivity contribution in [1.82, 2.24) is 4.48 Å². The summed E-state index contributed by atoms with van der Waals surface area (Å²) in [6.07, 6.45) is 0. The number of nitrogens with zero attached hydrogens (tertiary/aromatic N) is 1. The molecule has 0 saturated carbocycles. The van der Waals surface area contributed by atoms with E-state index in [1.54, 1.807) is 0 Å². The van der Waals surface area contributed by atoms with Crippen LogP contribution in [0.15, 0.2) is 18.2 Å². The first-order valence-corrected chi connectivity index (χ1v) is 4.30. The van der Waals surface area contributed by atoms with Gasteiger partial charge in [-0.1, -0.05) is 17.7 Å². The van der Waals surface area contributed by atoms with Crippen molar-refractivity contribution in [2.45, 2.75) is 13.8 Å². The summed E-state index contributed by atoms with van der Waals surface area (Å²) in [7, 11) is 6.58. The highest BCUT2D eigenvalue weighted by Gasteiger charge is 2.14. The molecule has 1 heteroatoms. The van der Waals surface area contributed by atoms with Gasteiger partial charge in [-0.3, -0.25) is 4.48 Å². The van der Waals surface area contributed by atoms with Crippen LogP contribution in [0.5, 0.6) is 0 Å². The standard InChI is InChI=1S/C11H18N/c1-9-6-7-11(10(2)8-9)12(3,4)5/h6-8H,1-5H3/q+1. The van der Waals surface area contributed by atoms with Gasteiger partial charge in [0.2, 0.25) is 0 Å². The molecule has 1 aromatic rings. The lowest BCUT2D eigenvalue weighted by molar-refractivity contribution is 0.484. The number of quaternary nitrogens is 1. The predicted octanol–water partition coefficient (Wildman–Crippen LogP) is 2.50. The van der Waals surface area contributed by atoms with Crippen LogP contribution in [0.4, 0.5) is 5.69 Å². The van der Waals surface area contributed by atoms with Gasteiger partial charge in [0.15, 0.2) is 0 Å². The fourth-order valence-corrected chi connectivity index (χ4v) is 1.56. The van der Waals surface area contributed by atoms with E-state index in [1.165, 1.54) is 16.8 Å². The zero-order chi connectivity index (χ0) is 9.35. The highest BCUT2D eigenvalue weighted by molar-refractivity contribution is 5.50. The average molecular weight is 164 g/mol. The average Bonchev–Trinajstić information content (AvgIpc) is 1.83. The van der Waals surface area contributed by atoms with E-state index < -0.39 is 0 Å². The van der Waals surface area contributed by atoms with Gasteiger partial charge in [-0.25, -0.2) is 0 Å². The predicted molar refractivity (Wildman–Crippen MR) is 55.5 cm³/mol. The van der Waals surface area contributed by atoms with Gasteiger partial charge < -0.3 is 0 Å². The maximum Gasteiger partial charge on any atom is 0.135 e. The fraction of sp³-hybridized carbons (Fsp3) is 0.455. The number of rotatable bonds is 1. The maximum absolute atomic E-state index is 2.23. The molecule has 0 radical (unpaired) electrons. The number of aryl methyl sites for hydroxylation is 2. The smallest absolute Gasteiger partial charge is 0.135 e. The molecule has 0 heterocycles.